The molecular formula is C12H15FN2O5. The smallest absolute Gasteiger partial charge is 0.329 e. The number of anilines is 1. The van der Waals surface area contributed by atoms with Crippen LogP contribution in [0.5, 0.6) is 5.75 Å². The molecular weight excluding hydrogens is 271 g/mol. The minimum atomic E-state index is -1.39. The van der Waals surface area contributed by atoms with Crippen molar-refractivity contribution in [2.45, 2.75) is 25.8 Å². The highest BCUT2D eigenvalue weighted by Crippen LogP contribution is 2.33. The third-order valence-corrected chi connectivity index (χ3v) is 3.05. The van der Waals surface area contributed by atoms with Crippen LogP contribution < -0.4 is 10.1 Å². The lowest BCUT2D eigenvalue weighted by Crippen LogP contribution is -2.42. The topological polar surface area (TPSA) is 102 Å². The molecule has 2 N–H and O–H groups in total. The van der Waals surface area contributed by atoms with Gasteiger partial charge in [-0.15, -0.1) is 0 Å². The second kappa shape index (κ2) is 5.72. The maximum absolute atomic E-state index is 13.8. The molecule has 0 bridgehead atoms. The number of methoxy groups -OCH3 is 1. The zero-order valence-corrected chi connectivity index (χ0v) is 11.3. The highest BCUT2D eigenvalue weighted by Gasteiger charge is 2.32. The number of carbonyl (C=O) groups is 1. The molecule has 1 unspecified atom stereocenters. The lowest BCUT2D eigenvalue weighted by Gasteiger charge is -2.26. The predicted octanol–water partition coefficient (Wildman–Crippen LogP) is 2.41. The number of hydrogen-bond acceptors (Lipinski definition) is 5. The summed E-state index contributed by atoms with van der Waals surface area (Å²) >= 11 is 0. The van der Waals surface area contributed by atoms with Gasteiger partial charge in [0.05, 0.1) is 23.8 Å². The van der Waals surface area contributed by atoms with Gasteiger partial charge < -0.3 is 15.2 Å². The van der Waals surface area contributed by atoms with Crippen molar-refractivity contribution in [3.8, 4) is 5.75 Å². The summed E-state index contributed by atoms with van der Waals surface area (Å²) in [5.41, 5.74) is -2.08. The SMILES string of the molecule is CCC(C)(Nc1cc(OC)c([N+](=O)[O-])cc1F)C(=O)O. The second-order valence-electron chi connectivity index (χ2n) is 4.38. The lowest BCUT2D eigenvalue weighted by atomic mass is 9.98. The Morgan fingerprint density at radius 3 is 2.60 bits per heavy atom. The molecule has 0 amide bonds. The van der Waals surface area contributed by atoms with Crippen LogP contribution in [0.4, 0.5) is 15.8 Å². The third-order valence-electron chi connectivity index (χ3n) is 3.05. The summed E-state index contributed by atoms with van der Waals surface area (Å²) < 4.78 is 18.7. The summed E-state index contributed by atoms with van der Waals surface area (Å²) in [5.74, 6) is -2.22. The van der Waals surface area contributed by atoms with E-state index in [1.54, 1.807) is 6.92 Å². The van der Waals surface area contributed by atoms with E-state index in [0.717, 1.165) is 6.07 Å². The van der Waals surface area contributed by atoms with Crippen molar-refractivity contribution < 1.29 is 24.0 Å². The van der Waals surface area contributed by atoms with Crippen molar-refractivity contribution in [1.82, 2.24) is 0 Å². The van der Waals surface area contributed by atoms with E-state index in [1.807, 2.05) is 0 Å². The number of nitro benzene ring substituents is 1. The fraction of sp³-hybridized carbons (Fsp3) is 0.417. The fourth-order valence-corrected chi connectivity index (χ4v) is 1.54. The van der Waals surface area contributed by atoms with Crippen molar-refractivity contribution in [2.75, 3.05) is 12.4 Å². The molecule has 0 aliphatic rings. The van der Waals surface area contributed by atoms with Gasteiger partial charge in [0.25, 0.3) is 0 Å². The first-order valence-corrected chi connectivity index (χ1v) is 5.78. The van der Waals surface area contributed by atoms with E-state index in [9.17, 15) is 19.3 Å². The van der Waals surface area contributed by atoms with Crippen LogP contribution in [0.3, 0.4) is 0 Å². The molecule has 0 saturated carbocycles. The number of nitro groups is 1. The average Bonchev–Trinajstić information content (AvgIpc) is 2.39. The average molecular weight is 286 g/mol. The van der Waals surface area contributed by atoms with Gasteiger partial charge in [-0.2, -0.15) is 0 Å². The molecule has 20 heavy (non-hydrogen) atoms. The molecule has 7 nitrogen and oxygen atoms in total. The summed E-state index contributed by atoms with van der Waals surface area (Å²) in [6.07, 6.45) is 0.196. The Morgan fingerprint density at radius 2 is 2.20 bits per heavy atom. The zero-order valence-electron chi connectivity index (χ0n) is 11.3. The van der Waals surface area contributed by atoms with E-state index in [-0.39, 0.29) is 17.9 Å². The Balaban J connectivity index is 3.27. The Kier molecular flexibility index (Phi) is 4.49. The number of nitrogens with one attached hydrogen (secondary N) is 1. The summed E-state index contributed by atoms with van der Waals surface area (Å²) in [4.78, 5) is 21.1. The van der Waals surface area contributed by atoms with Gasteiger partial charge in [-0.3, -0.25) is 10.1 Å². The van der Waals surface area contributed by atoms with Crippen molar-refractivity contribution >= 4 is 17.3 Å². The number of ether oxygens (including phenoxy) is 1. The monoisotopic (exact) mass is 286 g/mol. The number of aliphatic carboxylic acids is 1. The molecule has 0 radical (unpaired) electrons. The van der Waals surface area contributed by atoms with Gasteiger partial charge in [-0.1, -0.05) is 6.92 Å². The molecule has 1 atom stereocenters. The van der Waals surface area contributed by atoms with E-state index < -0.39 is 27.9 Å². The first kappa shape index (κ1) is 15.7. The van der Waals surface area contributed by atoms with Crippen LogP contribution in [-0.2, 0) is 4.79 Å². The highest BCUT2D eigenvalue weighted by atomic mass is 19.1. The van der Waals surface area contributed by atoms with E-state index in [4.69, 9.17) is 9.84 Å². The standard InChI is InChI=1S/C12H15FN2O5/c1-4-12(2,11(16)17)14-8-6-10(20-3)9(15(18)19)5-7(8)13/h5-6,14H,4H2,1-3H3,(H,16,17). The highest BCUT2D eigenvalue weighted by molar-refractivity contribution is 5.82. The number of carboxylic acids is 1. The molecule has 1 aromatic carbocycles. The van der Waals surface area contributed by atoms with Gasteiger partial charge in [0.2, 0.25) is 0 Å². The van der Waals surface area contributed by atoms with Crippen molar-refractivity contribution in [3.05, 3.63) is 28.1 Å². The molecule has 0 saturated heterocycles. The van der Waals surface area contributed by atoms with Gasteiger partial charge >= 0.3 is 11.7 Å². The molecule has 110 valence electrons. The Hall–Kier alpha value is -2.38. The molecule has 0 aliphatic heterocycles. The van der Waals surface area contributed by atoms with Crippen molar-refractivity contribution in [3.63, 3.8) is 0 Å². The minimum absolute atomic E-state index is 0.150. The van der Waals surface area contributed by atoms with Crippen molar-refractivity contribution in [1.29, 1.82) is 0 Å². The van der Waals surface area contributed by atoms with Gasteiger partial charge in [-0.05, 0) is 13.3 Å². The number of carboxylic acid groups (broad SMARTS) is 1. The Morgan fingerprint density at radius 1 is 1.60 bits per heavy atom. The Labute approximate surface area is 114 Å². The number of benzene rings is 1. The zero-order chi connectivity index (χ0) is 15.5. The largest absolute Gasteiger partial charge is 0.490 e. The van der Waals surface area contributed by atoms with Gasteiger partial charge in [-0.25, -0.2) is 9.18 Å². The van der Waals surface area contributed by atoms with Gasteiger partial charge in [0.1, 0.15) is 5.54 Å². The number of rotatable bonds is 6. The molecule has 1 aromatic rings. The number of hydrogen-bond donors (Lipinski definition) is 2. The molecule has 8 heteroatoms. The molecule has 0 aromatic heterocycles. The third kappa shape index (κ3) is 2.95. The number of halogens is 1. The van der Waals surface area contributed by atoms with Crippen LogP contribution in [0.1, 0.15) is 20.3 Å². The van der Waals surface area contributed by atoms with Crippen LogP contribution in [0, 0.1) is 15.9 Å². The van der Waals surface area contributed by atoms with Crippen LogP contribution in [0.15, 0.2) is 12.1 Å². The predicted molar refractivity (Wildman–Crippen MR) is 69.6 cm³/mol. The molecule has 0 spiro atoms. The summed E-state index contributed by atoms with van der Waals surface area (Å²) in [7, 11) is 1.21. The number of nitrogens with zero attached hydrogens (tertiary/aromatic N) is 1. The quantitative estimate of drug-likeness (QED) is 0.615. The normalized spacial score (nSPS) is 13.4. The molecule has 1 rings (SSSR count). The Bertz CT molecular complexity index is 549. The molecule has 0 fully saturated rings. The van der Waals surface area contributed by atoms with Gasteiger partial charge in [0, 0.05) is 6.07 Å². The van der Waals surface area contributed by atoms with E-state index in [0.29, 0.717) is 6.07 Å². The summed E-state index contributed by atoms with van der Waals surface area (Å²) in [5, 5.41) is 22.4. The first-order chi connectivity index (χ1) is 9.25. The molecule has 0 heterocycles. The summed E-state index contributed by atoms with van der Waals surface area (Å²) in [6.45, 7) is 3.02. The van der Waals surface area contributed by atoms with Crippen LogP contribution >= 0.6 is 0 Å². The molecule has 0 aliphatic carbocycles. The lowest BCUT2D eigenvalue weighted by molar-refractivity contribution is -0.385. The second-order valence-corrected chi connectivity index (χ2v) is 4.38. The van der Waals surface area contributed by atoms with E-state index >= 15 is 0 Å². The maximum Gasteiger partial charge on any atom is 0.329 e. The van der Waals surface area contributed by atoms with Crippen LogP contribution in [0.25, 0.3) is 0 Å². The van der Waals surface area contributed by atoms with Crippen molar-refractivity contribution in [2.24, 2.45) is 0 Å². The minimum Gasteiger partial charge on any atom is -0.490 e. The van der Waals surface area contributed by atoms with Gasteiger partial charge in [0.15, 0.2) is 11.6 Å². The fourth-order valence-electron chi connectivity index (χ4n) is 1.54. The van der Waals surface area contributed by atoms with E-state index in [2.05, 4.69) is 5.32 Å². The maximum atomic E-state index is 13.8. The summed E-state index contributed by atoms with van der Waals surface area (Å²) in [6, 6.07) is 1.77. The first-order valence-electron chi connectivity index (χ1n) is 5.78. The van der Waals surface area contributed by atoms with Crippen LogP contribution in [0.2, 0.25) is 0 Å². The van der Waals surface area contributed by atoms with E-state index in [1.165, 1.54) is 14.0 Å². The van der Waals surface area contributed by atoms with Crippen LogP contribution in [-0.4, -0.2) is 28.6 Å².